The monoisotopic (exact) mass is 353 g/mol. The fourth-order valence-electron chi connectivity index (χ4n) is 3.60. The van der Waals surface area contributed by atoms with Crippen LogP contribution in [-0.2, 0) is 14.9 Å². The van der Waals surface area contributed by atoms with Crippen LogP contribution in [0.3, 0.4) is 0 Å². The number of hydrogen-bond donors (Lipinski definition) is 2. The smallest absolute Gasteiger partial charge is 0.408 e. The Morgan fingerprint density at radius 1 is 0.962 bits per heavy atom. The lowest BCUT2D eigenvalue weighted by Gasteiger charge is -2.27. The molecule has 136 valence electrons. The molecule has 1 fully saturated rings. The van der Waals surface area contributed by atoms with Gasteiger partial charge in [-0.05, 0) is 38.3 Å². The molecule has 0 unspecified atom stereocenters. The third kappa shape index (κ3) is 2.94. The van der Waals surface area contributed by atoms with Gasteiger partial charge in [0.05, 0.1) is 5.41 Å². The molecule has 2 aromatic carbocycles. The first-order valence-corrected chi connectivity index (χ1v) is 8.57. The zero-order valence-corrected chi connectivity index (χ0v) is 15.2. The Morgan fingerprint density at radius 2 is 1.42 bits per heavy atom. The number of benzene rings is 2. The van der Waals surface area contributed by atoms with Crippen molar-refractivity contribution in [1.29, 1.82) is 0 Å². The van der Waals surface area contributed by atoms with Crippen LogP contribution in [-0.4, -0.2) is 28.3 Å². The molecule has 1 aliphatic rings. The van der Waals surface area contributed by atoms with E-state index in [2.05, 4.69) is 5.32 Å². The van der Waals surface area contributed by atoms with E-state index in [1.54, 1.807) is 20.8 Å². The van der Waals surface area contributed by atoms with Crippen molar-refractivity contribution in [2.45, 2.75) is 43.7 Å². The Morgan fingerprint density at radius 3 is 1.81 bits per heavy atom. The highest BCUT2D eigenvalue weighted by molar-refractivity contribution is 5.93. The zero-order valence-electron chi connectivity index (χ0n) is 15.2. The first-order valence-electron chi connectivity index (χ1n) is 8.57. The summed E-state index contributed by atoms with van der Waals surface area (Å²) < 4.78 is 5.32. The predicted octanol–water partition coefficient (Wildman–Crippen LogP) is 3.72. The molecule has 1 saturated carbocycles. The van der Waals surface area contributed by atoms with Crippen molar-refractivity contribution >= 4 is 12.1 Å². The average molecular weight is 353 g/mol. The molecule has 0 radical (unpaired) electrons. The maximum Gasteiger partial charge on any atom is 0.408 e. The number of alkyl carbamates (subject to hydrolysis) is 1. The summed E-state index contributed by atoms with van der Waals surface area (Å²) in [5, 5.41) is 12.7. The fourth-order valence-corrected chi connectivity index (χ4v) is 3.60. The van der Waals surface area contributed by atoms with Gasteiger partial charge in [0.1, 0.15) is 5.60 Å². The second-order valence-corrected chi connectivity index (χ2v) is 7.65. The maximum absolute atomic E-state index is 12.4. The molecular weight excluding hydrogens is 330 g/mol. The van der Waals surface area contributed by atoms with Crippen molar-refractivity contribution in [2.75, 3.05) is 0 Å². The average Bonchev–Trinajstić information content (AvgIpc) is 3.26. The van der Waals surface area contributed by atoms with Crippen LogP contribution in [0.2, 0.25) is 0 Å². The highest BCUT2D eigenvalue weighted by atomic mass is 16.6. The molecule has 0 saturated heterocycles. The van der Waals surface area contributed by atoms with E-state index >= 15 is 0 Å². The van der Waals surface area contributed by atoms with E-state index in [0.717, 1.165) is 11.1 Å². The summed E-state index contributed by atoms with van der Waals surface area (Å²) in [6.45, 7) is 5.23. The summed E-state index contributed by atoms with van der Waals surface area (Å²) in [7, 11) is 0. The lowest BCUT2D eigenvalue weighted by Crippen LogP contribution is -2.50. The van der Waals surface area contributed by atoms with Crippen molar-refractivity contribution in [2.24, 2.45) is 0 Å². The standard InChI is InChI=1S/C21H23NO4/c1-19(2,3)26-18(25)22-21(17(23)24)14-20(21,15-10-6-4-7-11-15)16-12-8-5-9-13-16/h4-13H,14H2,1-3H3,(H,22,25)(H,23,24)/t21-/m1/s1. The molecule has 0 spiro atoms. The maximum atomic E-state index is 12.4. The largest absolute Gasteiger partial charge is 0.479 e. The number of carboxylic acid groups (broad SMARTS) is 1. The minimum Gasteiger partial charge on any atom is -0.479 e. The lowest BCUT2D eigenvalue weighted by molar-refractivity contribution is -0.141. The third-order valence-corrected chi connectivity index (χ3v) is 4.75. The van der Waals surface area contributed by atoms with Crippen LogP contribution < -0.4 is 5.32 Å². The summed E-state index contributed by atoms with van der Waals surface area (Å²) in [5.41, 5.74) is -1.29. The molecule has 2 N–H and O–H groups in total. The van der Waals surface area contributed by atoms with Crippen LogP contribution in [0.5, 0.6) is 0 Å². The molecule has 0 aromatic heterocycles. The quantitative estimate of drug-likeness (QED) is 0.878. The molecule has 5 heteroatoms. The van der Waals surface area contributed by atoms with E-state index in [0.29, 0.717) is 0 Å². The van der Waals surface area contributed by atoms with Crippen LogP contribution in [0.15, 0.2) is 60.7 Å². The van der Waals surface area contributed by atoms with E-state index in [1.165, 1.54) is 0 Å². The van der Waals surface area contributed by atoms with Gasteiger partial charge in [-0.15, -0.1) is 0 Å². The third-order valence-electron chi connectivity index (χ3n) is 4.75. The molecule has 0 aliphatic heterocycles. The van der Waals surface area contributed by atoms with Crippen molar-refractivity contribution in [3.8, 4) is 0 Å². The Hall–Kier alpha value is -2.82. The second kappa shape index (κ2) is 6.16. The van der Waals surface area contributed by atoms with Crippen LogP contribution >= 0.6 is 0 Å². The van der Waals surface area contributed by atoms with Crippen molar-refractivity contribution in [1.82, 2.24) is 5.32 Å². The summed E-state index contributed by atoms with van der Waals surface area (Å²) in [6, 6.07) is 18.8. The minimum absolute atomic E-state index is 0.266. The molecular formula is C21H23NO4. The number of rotatable bonds is 4. The van der Waals surface area contributed by atoms with Gasteiger partial charge in [0.2, 0.25) is 0 Å². The van der Waals surface area contributed by atoms with Crippen LogP contribution in [0.1, 0.15) is 38.3 Å². The van der Waals surface area contributed by atoms with Crippen LogP contribution in [0, 0.1) is 0 Å². The first-order chi connectivity index (χ1) is 12.2. The number of hydrogen-bond acceptors (Lipinski definition) is 3. The second-order valence-electron chi connectivity index (χ2n) is 7.65. The Bertz CT molecular complexity index is 771. The molecule has 3 rings (SSSR count). The minimum atomic E-state index is -1.45. The van der Waals surface area contributed by atoms with E-state index in [4.69, 9.17) is 4.74 Å². The van der Waals surface area contributed by atoms with Gasteiger partial charge in [-0.2, -0.15) is 0 Å². The summed E-state index contributed by atoms with van der Waals surface area (Å²) in [4.78, 5) is 24.6. The number of carbonyl (C=O) groups excluding carboxylic acids is 1. The van der Waals surface area contributed by atoms with E-state index in [9.17, 15) is 14.7 Å². The number of nitrogens with one attached hydrogen (secondary N) is 1. The molecule has 1 atom stereocenters. The van der Waals surface area contributed by atoms with Crippen molar-refractivity contribution in [3.63, 3.8) is 0 Å². The van der Waals surface area contributed by atoms with E-state index in [-0.39, 0.29) is 6.42 Å². The Kier molecular flexibility index (Phi) is 4.26. The van der Waals surface area contributed by atoms with Gasteiger partial charge in [0, 0.05) is 0 Å². The van der Waals surface area contributed by atoms with Gasteiger partial charge in [0.15, 0.2) is 5.54 Å². The van der Waals surface area contributed by atoms with Gasteiger partial charge in [-0.25, -0.2) is 9.59 Å². The molecule has 1 aliphatic carbocycles. The number of aliphatic carboxylic acids is 1. The number of amides is 1. The fraction of sp³-hybridized carbons (Fsp3) is 0.333. The van der Waals surface area contributed by atoms with E-state index < -0.39 is 28.6 Å². The van der Waals surface area contributed by atoms with Gasteiger partial charge in [-0.1, -0.05) is 60.7 Å². The normalized spacial score (nSPS) is 20.9. The zero-order chi connectivity index (χ0) is 19.0. The Labute approximate surface area is 153 Å². The van der Waals surface area contributed by atoms with Gasteiger partial charge < -0.3 is 15.2 Å². The lowest BCUT2D eigenvalue weighted by atomic mass is 9.83. The summed E-state index contributed by atoms with van der Waals surface area (Å²) in [5.74, 6) is -1.07. The van der Waals surface area contributed by atoms with Crippen molar-refractivity contribution < 1.29 is 19.4 Å². The SMILES string of the molecule is CC(C)(C)OC(=O)N[C@@]1(C(=O)O)CC1(c1ccccc1)c1ccccc1. The molecule has 0 bridgehead atoms. The van der Waals surface area contributed by atoms with Gasteiger partial charge in [0.25, 0.3) is 0 Å². The van der Waals surface area contributed by atoms with E-state index in [1.807, 2.05) is 60.7 Å². The van der Waals surface area contributed by atoms with Crippen molar-refractivity contribution in [3.05, 3.63) is 71.8 Å². The first kappa shape index (κ1) is 18.0. The number of carbonyl (C=O) groups is 2. The van der Waals surface area contributed by atoms with Crippen LogP contribution in [0.25, 0.3) is 0 Å². The molecule has 26 heavy (non-hydrogen) atoms. The van der Waals surface area contributed by atoms with Gasteiger partial charge in [-0.3, -0.25) is 0 Å². The Balaban J connectivity index is 2.06. The topological polar surface area (TPSA) is 75.6 Å². The highest BCUT2D eigenvalue weighted by Crippen LogP contribution is 2.62. The predicted molar refractivity (Wildman–Crippen MR) is 98.0 cm³/mol. The molecule has 0 heterocycles. The molecule has 1 amide bonds. The molecule has 2 aromatic rings. The number of ether oxygens (including phenoxy) is 1. The summed E-state index contributed by atoms with van der Waals surface area (Å²) in [6.07, 6.45) is -0.462. The number of carboxylic acids is 1. The highest BCUT2D eigenvalue weighted by Gasteiger charge is 2.75. The van der Waals surface area contributed by atoms with Crippen LogP contribution in [0.4, 0.5) is 4.79 Å². The summed E-state index contributed by atoms with van der Waals surface area (Å²) >= 11 is 0. The molecule has 5 nitrogen and oxygen atoms in total. The van der Waals surface area contributed by atoms with Gasteiger partial charge >= 0.3 is 12.1 Å².